The van der Waals surface area contributed by atoms with Gasteiger partial charge in [0, 0.05) is 28.7 Å². The first-order valence-electron chi connectivity index (χ1n) is 8.38. The van der Waals surface area contributed by atoms with Gasteiger partial charge in [-0.25, -0.2) is 0 Å². The molecule has 148 valence electrons. The van der Waals surface area contributed by atoms with Crippen molar-refractivity contribution >= 4 is 40.7 Å². The molecule has 4 nitrogen and oxygen atoms in total. The van der Waals surface area contributed by atoms with Crippen LogP contribution in [0.3, 0.4) is 0 Å². The Labute approximate surface area is 169 Å². The van der Waals surface area contributed by atoms with Crippen LogP contribution in [0.1, 0.15) is 24.0 Å². The summed E-state index contributed by atoms with van der Waals surface area (Å²) in [5.74, 6) is -0.863. The molecular formula is C19H15Cl2F3N2O2. The normalized spacial score (nSPS) is 17.1. The summed E-state index contributed by atoms with van der Waals surface area (Å²) in [6.45, 7) is 0.107. The lowest BCUT2D eigenvalue weighted by molar-refractivity contribution is -0.137. The number of rotatable bonds is 4. The predicted octanol–water partition coefficient (Wildman–Crippen LogP) is 4.82. The molecule has 1 aliphatic rings. The van der Waals surface area contributed by atoms with Crippen molar-refractivity contribution in [3.8, 4) is 0 Å². The van der Waals surface area contributed by atoms with Gasteiger partial charge in [-0.2, -0.15) is 13.2 Å². The fraction of sp³-hybridized carbons (Fsp3) is 0.263. The highest BCUT2D eigenvalue weighted by Gasteiger charge is 2.38. The van der Waals surface area contributed by atoms with E-state index < -0.39 is 29.6 Å². The van der Waals surface area contributed by atoms with Crippen LogP contribution in [0.25, 0.3) is 0 Å². The molecule has 3 rings (SSSR count). The lowest BCUT2D eigenvalue weighted by atomic mass is 10.1. The first-order valence-corrected chi connectivity index (χ1v) is 9.13. The second-order valence-electron chi connectivity index (χ2n) is 6.32. The minimum Gasteiger partial charge on any atom is -0.350 e. The SMILES string of the molecule is O=C(NCc1ccc(Cl)cc1Cl)[C@@H]1CCC(=O)N1c1cccc(C(F)(F)F)c1. The molecule has 2 aromatic carbocycles. The molecule has 1 heterocycles. The molecule has 9 heteroatoms. The Hall–Kier alpha value is -2.25. The molecule has 0 bridgehead atoms. The molecule has 1 fully saturated rings. The van der Waals surface area contributed by atoms with E-state index in [2.05, 4.69) is 5.32 Å². The zero-order valence-electron chi connectivity index (χ0n) is 14.4. The van der Waals surface area contributed by atoms with Crippen LogP contribution in [0.2, 0.25) is 10.0 Å². The van der Waals surface area contributed by atoms with Gasteiger partial charge in [-0.1, -0.05) is 35.3 Å². The van der Waals surface area contributed by atoms with Crippen LogP contribution in [-0.2, 0) is 22.3 Å². The van der Waals surface area contributed by atoms with Crippen molar-refractivity contribution < 1.29 is 22.8 Å². The van der Waals surface area contributed by atoms with Gasteiger partial charge in [0.25, 0.3) is 0 Å². The number of carbonyl (C=O) groups excluding carboxylic acids is 2. The maximum Gasteiger partial charge on any atom is 0.416 e. The number of amides is 2. The van der Waals surface area contributed by atoms with Crippen LogP contribution in [0.15, 0.2) is 42.5 Å². The van der Waals surface area contributed by atoms with E-state index in [1.807, 2.05) is 0 Å². The summed E-state index contributed by atoms with van der Waals surface area (Å²) in [6.07, 6.45) is -4.24. The molecule has 0 aliphatic carbocycles. The second-order valence-corrected chi connectivity index (χ2v) is 7.16. The lowest BCUT2D eigenvalue weighted by Gasteiger charge is -2.25. The highest BCUT2D eigenvalue weighted by atomic mass is 35.5. The number of halogens is 5. The van der Waals surface area contributed by atoms with Crippen LogP contribution in [0, 0.1) is 0 Å². The van der Waals surface area contributed by atoms with E-state index in [0.29, 0.717) is 15.6 Å². The predicted molar refractivity (Wildman–Crippen MR) is 100 cm³/mol. The number of benzene rings is 2. The van der Waals surface area contributed by atoms with Crippen LogP contribution in [-0.4, -0.2) is 17.9 Å². The van der Waals surface area contributed by atoms with Gasteiger partial charge in [-0.15, -0.1) is 0 Å². The Morgan fingerprint density at radius 2 is 1.93 bits per heavy atom. The zero-order chi connectivity index (χ0) is 20.5. The number of anilines is 1. The molecule has 2 amide bonds. The van der Waals surface area contributed by atoms with E-state index in [1.54, 1.807) is 18.2 Å². The number of nitrogens with one attached hydrogen (secondary N) is 1. The van der Waals surface area contributed by atoms with Gasteiger partial charge in [0.2, 0.25) is 11.8 Å². The first kappa shape index (κ1) is 20.5. The van der Waals surface area contributed by atoms with Gasteiger partial charge >= 0.3 is 6.18 Å². The fourth-order valence-electron chi connectivity index (χ4n) is 3.05. The fourth-order valence-corrected chi connectivity index (χ4v) is 3.53. The Bertz CT molecular complexity index is 918. The zero-order valence-corrected chi connectivity index (χ0v) is 15.9. The molecule has 28 heavy (non-hydrogen) atoms. The number of hydrogen-bond donors (Lipinski definition) is 1. The number of alkyl halides is 3. The maximum atomic E-state index is 13.0. The molecule has 2 aromatic rings. The van der Waals surface area contributed by atoms with Crippen molar-refractivity contribution in [2.75, 3.05) is 4.90 Å². The van der Waals surface area contributed by atoms with Gasteiger partial charge in [0.05, 0.1) is 5.56 Å². The van der Waals surface area contributed by atoms with Gasteiger partial charge in [-0.05, 0) is 42.3 Å². The third-order valence-electron chi connectivity index (χ3n) is 4.43. The molecule has 1 N–H and O–H groups in total. The Balaban J connectivity index is 1.77. The highest BCUT2D eigenvalue weighted by Crippen LogP contribution is 2.34. The molecule has 0 spiro atoms. The molecule has 0 aromatic heterocycles. The second kappa shape index (κ2) is 8.01. The highest BCUT2D eigenvalue weighted by molar-refractivity contribution is 6.35. The van der Waals surface area contributed by atoms with Crippen LogP contribution in [0.5, 0.6) is 0 Å². The average Bonchev–Trinajstić information content (AvgIpc) is 3.02. The van der Waals surface area contributed by atoms with E-state index in [1.165, 1.54) is 12.1 Å². The lowest BCUT2D eigenvalue weighted by Crippen LogP contribution is -2.44. The van der Waals surface area contributed by atoms with E-state index >= 15 is 0 Å². The van der Waals surface area contributed by atoms with E-state index in [-0.39, 0.29) is 25.1 Å². The van der Waals surface area contributed by atoms with Crippen molar-refractivity contribution in [3.63, 3.8) is 0 Å². The quantitative estimate of drug-likeness (QED) is 0.755. The average molecular weight is 431 g/mol. The van der Waals surface area contributed by atoms with Crippen molar-refractivity contribution in [3.05, 3.63) is 63.6 Å². The topological polar surface area (TPSA) is 49.4 Å². The summed E-state index contributed by atoms with van der Waals surface area (Å²) in [4.78, 5) is 26.0. The summed E-state index contributed by atoms with van der Waals surface area (Å²) in [6, 6.07) is 8.33. The van der Waals surface area contributed by atoms with Crippen LogP contribution < -0.4 is 10.2 Å². The summed E-state index contributed by atoms with van der Waals surface area (Å²) in [5, 5.41) is 3.52. The third-order valence-corrected chi connectivity index (χ3v) is 5.02. The van der Waals surface area contributed by atoms with Crippen molar-refractivity contribution in [1.29, 1.82) is 0 Å². The summed E-state index contributed by atoms with van der Waals surface area (Å²) in [7, 11) is 0. The smallest absolute Gasteiger partial charge is 0.350 e. The number of carbonyl (C=O) groups is 2. The van der Waals surface area contributed by atoms with E-state index in [0.717, 1.165) is 17.0 Å². The summed E-state index contributed by atoms with van der Waals surface area (Å²) >= 11 is 11.9. The molecule has 1 aliphatic heterocycles. The van der Waals surface area contributed by atoms with Gasteiger partial charge in [0.1, 0.15) is 6.04 Å². The third kappa shape index (κ3) is 4.42. The minimum atomic E-state index is -4.54. The minimum absolute atomic E-state index is 0.0435. The largest absolute Gasteiger partial charge is 0.416 e. The number of hydrogen-bond acceptors (Lipinski definition) is 2. The molecule has 1 atom stereocenters. The summed E-state index contributed by atoms with van der Waals surface area (Å²) in [5.41, 5.74) is -0.201. The van der Waals surface area contributed by atoms with Crippen molar-refractivity contribution in [2.45, 2.75) is 31.6 Å². The molecular weight excluding hydrogens is 416 g/mol. The molecule has 0 saturated carbocycles. The summed E-state index contributed by atoms with van der Waals surface area (Å²) < 4.78 is 38.9. The van der Waals surface area contributed by atoms with Gasteiger partial charge in [-0.3, -0.25) is 14.5 Å². The Morgan fingerprint density at radius 3 is 2.61 bits per heavy atom. The Morgan fingerprint density at radius 1 is 1.18 bits per heavy atom. The van der Waals surface area contributed by atoms with Crippen molar-refractivity contribution in [1.82, 2.24) is 5.32 Å². The van der Waals surface area contributed by atoms with Gasteiger partial charge in [0.15, 0.2) is 0 Å². The first-order chi connectivity index (χ1) is 13.2. The Kier molecular flexibility index (Phi) is 5.86. The standard InChI is InChI=1S/C19H15Cl2F3N2O2/c20-13-5-4-11(15(21)9-13)10-25-18(28)16-6-7-17(27)26(16)14-3-1-2-12(8-14)19(22,23)24/h1-5,8-9,16H,6-7,10H2,(H,25,28)/t16-/m0/s1. The van der Waals surface area contributed by atoms with Crippen molar-refractivity contribution in [2.24, 2.45) is 0 Å². The molecule has 0 unspecified atom stereocenters. The maximum absolute atomic E-state index is 13.0. The molecule has 1 saturated heterocycles. The van der Waals surface area contributed by atoms with E-state index in [4.69, 9.17) is 23.2 Å². The van der Waals surface area contributed by atoms with Crippen LogP contribution >= 0.6 is 23.2 Å². The van der Waals surface area contributed by atoms with Gasteiger partial charge < -0.3 is 5.32 Å². The molecule has 0 radical (unpaired) electrons. The van der Waals surface area contributed by atoms with Crippen LogP contribution in [0.4, 0.5) is 18.9 Å². The monoisotopic (exact) mass is 430 g/mol. The van der Waals surface area contributed by atoms with E-state index in [9.17, 15) is 22.8 Å². The number of nitrogens with zero attached hydrogens (tertiary/aromatic N) is 1.